The van der Waals surface area contributed by atoms with Gasteiger partial charge in [-0.2, -0.15) is 0 Å². The monoisotopic (exact) mass is 371 g/mol. The van der Waals surface area contributed by atoms with E-state index in [2.05, 4.69) is 20.3 Å². The molecule has 1 fully saturated rings. The van der Waals surface area contributed by atoms with Gasteiger partial charge in [0.25, 0.3) is 5.91 Å². The minimum absolute atomic E-state index is 0.208. The van der Waals surface area contributed by atoms with Crippen molar-refractivity contribution in [3.63, 3.8) is 0 Å². The fourth-order valence-electron chi connectivity index (χ4n) is 3.01. The number of aliphatic hydroxyl groups excluding tert-OH is 3. The van der Waals surface area contributed by atoms with E-state index in [4.69, 9.17) is 4.74 Å². The van der Waals surface area contributed by atoms with Gasteiger partial charge >= 0.3 is 0 Å². The Balaban J connectivity index is 1.65. The molecule has 2 aromatic heterocycles. The van der Waals surface area contributed by atoms with Crippen LogP contribution < -0.4 is 5.32 Å². The highest BCUT2D eigenvalue weighted by Gasteiger charge is 2.44. The number of carbonyl (C=O) groups is 1. The van der Waals surface area contributed by atoms with Gasteiger partial charge in [-0.25, -0.2) is 15.0 Å². The largest absolute Gasteiger partial charge is 0.394 e. The van der Waals surface area contributed by atoms with Gasteiger partial charge in [0.2, 0.25) is 0 Å². The molecule has 10 heteroatoms. The Morgan fingerprint density at radius 2 is 1.93 bits per heavy atom. The van der Waals surface area contributed by atoms with E-state index < -0.39 is 31.1 Å². The SMILES string of the molecule is O=C(Nc1ncnc2c1ncn2[C@@H]1O[C@@H](CO)[C@@H](O)[C@@H]1O)c1ccccc1. The maximum atomic E-state index is 12.4. The second-order valence-corrected chi connectivity index (χ2v) is 6.10. The zero-order valence-electron chi connectivity index (χ0n) is 14.0. The van der Waals surface area contributed by atoms with Crippen molar-refractivity contribution in [3.05, 3.63) is 48.5 Å². The summed E-state index contributed by atoms with van der Waals surface area (Å²) in [6.07, 6.45) is -1.77. The van der Waals surface area contributed by atoms with E-state index in [9.17, 15) is 20.1 Å². The van der Waals surface area contributed by atoms with Gasteiger partial charge in [0.15, 0.2) is 23.2 Å². The molecule has 4 N–H and O–H groups in total. The van der Waals surface area contributed by atoms with E-state index in [1.807, 2.05) is 6.07 Å². The van der Waals surface area contributed by atoms with Crippen LogP contribution in [0, 0.1) is 0 Å². The standard InChI is InChI=1S/C17H17N5O5/c23-6-10-12(24)13(25)17(27-10)22-8-20-11-14(18-7-19-15(11)22)21-16(26)9-4-2-1-3-5-9/h1-5,7-8,10,12-13,17,23-25H,6H2,(H,18,19,21,26)/t10-,12+,13-,17+/m0/s1. The molecule has 0 bridgehead atoms. The third kappa shape index (κ3) is 3.04. The van der Waals surface area contributed by atoms with Crippen molar-refractivity contribution in [3.8, 4) is 0 Å². The predicted molar refractivity (Wildman–Crippen MR) is 92.7 cm³/mol. The minimum Gasteiger partial charge on any atom is -0.394 e. The summed E-state index contributed by atoms with van der Waals surface area (Å²) >= 11 is 0. The number of benzene rings is 1. The molecule has 10 nitrogen and oxygen atoms in total. The minimum atomic E-state index is -1.27. The van der Waals surface area contributed by atoms with Crippen LogP contribution in [0.2, 0.25) is 0 Å². The van der Waals surface area contributed by atoms with E-state index in [1.54, 1.807) is 24.3 Å². The summed E-state index contributed by atoms with van der Waals surface area (Å²) in [7, 11) is 0. The lowest BCUT2D eigenvalue weighted by atomic mass is 10.1. The highest BCUT2D eigenvalue weighted by molar-refractivity contribution is 6.06. The van der Waals surface area contributed by atoms with Crippen LogP contribution in [0.1, 0.15) is 16.6 Å². The predicted octanol–water partition coefficient (Wildman–Crippen LogP) is -0.310. The van der Waals surface area contributed by atoms with Crippen molar-refractivity contribution >= 4 is 22.9 Å². The van der Waals surface area contributed by atoms with Crippen LogP contribution in [-0.2, 0) is 4.74 Å². The molecular weight excluding hydrogens is 354 g/mol. The van der Waals surface area contributed by atoms with Crippen LogP contribution in [0.5, 0.6) is 0 Å². The molecule has 1 saturated heterocycles. The zero-order valence-corrected chi connectivity index (χ0v) is 14.0. The molecule has 3 aromatic rings. The number of hydrogen-bond donors (Lipinski definition) is 4. The Hall–Kier alpha value is -2.92. The lowest BCUT2D eigenvalue weighted by molar-refractivity contribution is -0.0511. The van der Waals surface area contributed by atoms with Gasteiger partial charge in [-0.05, 0) is 12.1 Å². The number of hydrogen-bond acceptors (Lipinski definition) is 8. The average Bonchev–Trinajstić information content (AvgIpc) is 3.25. The first-order chi connectivity index (χ1) is 13.1. The lowest BCUT2D eigenvalue weighted by Gasteiger charge is -2.16. The van der Waals surface area contributed by atoms with Gasteiger partial charge in [-0.3, -0.25) is 9.36 Å². The first-order valence-corrected chi connectivity index (χ1v) is 8.26. The fourth-order valence-corrected chi connectivity index (χ4v) is 3.01. The van der Waals surface area contributed by atoms with Crippen molar-refractivity contribution in [2.75, 3.05) is 11.9 Å². The van der Waals surface area contributed by atoms with Crippen LogP contribution in [0.3, 0.4) is 0 Å². The Morgan fingerprint density at radius 1 is 1.15 bits per heavy atom. The van der Waals surface area contributed by atoms with Crippen molar-refractivity contribution < 1.29 is 24.9 Å². The maximum absolute atomic E-state index is 12.4. The molecule has 0 saturated carbocycles. The summed E-state index contributed by atoms with van der Waals surface area (Å²) < 4.78 is 6.93. The van der Waals surface area contributed by atoms with Gasteiger partial charge in [-0.1, -0.05) is 18.2 Å². The summed E-state index contributed by atoms with van der Waals surface area (Å²) in [6, 6.07) is 8.65. The molecule has 140 valence electrons. The summed E-state index contributed by atoms with van der Waals surface area (Å²) in [5.41, 5.74) is 1.08. The van der Waals surface area contributed by atoms with Crippen LogP contribution in [0.4, 0.5) is 5.82 Å². The number of rotatable bonds is 4. The molecule has 1 aliphatic heterocycles. The van der Waals surface area contributed by atoms with Gasteiger partial charge in [0.05, 0.1) is 12.9 Å². The van der Waals surface area contributed by atoms with E-state index in [-0.39, 0.29) is 11.7 Å². The van der Waals surface area contributed by atoms with Gasteiger partial charge < -0.3 is 25.4 Å². The van der Waals surface area contributed by atoms with E-state index >= 15 is 0 Å². The molecule has 0 radical (unpaired) electrons. The van der Waals surface area contributed by atoms with E-state index in [0.717, 1.165) is 0 Å². The first-order valence-electron chi connectivity index (χ1n) is 8.26. The van der Waals surface area contributed by atoms with Gasteiger partial charge in [-0.15, -0.1) is 0 Å². The van der Waals surface area contributed by atoms with Crippen LogP contribution in [-0.4, -0.2) is 65.7 Å². The zero-order chi connectivity index (χ0) is 19.0. The number of anilines is 1. The van der Waals surface area contributed by atoms with Gasteiger partial charge in [0, 0.05) is 5.56 Å². The smallest absolute Gasteiger partial charge is 0.256 e. The van der Waals surface area contributed by atoms with Gasteiger partial charge in [0.1, 0.15) is 24.6 Å². The summed E-state index contributed by atoms with van der Waals surface area (Å²) in [6.45, 7) is -0.436. The number of aromatic nitrogens is 4. The number of fused-ring (bicyclic) bond motifs is 1. The Bertz CT molecular complexity index is 963. The van der Waals surface area contributed by atoms with Crippen LogP contribution >= 0.6 is 0 Å². The van der Waals surface area contributed by atoms with Crippen molar-refractivity contribution in [2.45, 2.75) is 24.5 Å². The number of ether oxygens (including phenoxy) is 1. The number of nitrogens with zero attached hydrogens (tertiary/aromatic N) is 4. The summed E-state index contributed by atoms with van der Waals surface area (Å²) in [5, 5.41) is 32.1. The first kappa shape index (κ1) is 17.5. The second kappa shape index (κ2) is 7.00. The van der Waals surface area contributed by atoms with Crippen molar-refractivity contribution in [2.24, 2.45) is 0 Å². The maximum Gasteiger partial charge on any atom is 0.256 e. The highest BCUT2D eigenvalue weighted by Crippen LogP contribution is 2.32. The summed E-state index contributed by atoms with van der Waals surface area (Å²) in [5.74, 6) is -0.141. The Morgan fingerprint density at radius 3 is 2.63 bits per heavy atom. The fraction of sp³-hybridized carbons (Fsp3) is 0.294. The molecular formula is C17H17N5O5. The van der Waals surface area contributed by atoms with Crippen molar-refractivity contribution in [1.29, 1.82) is 0 Å². The van der Waals surface area contributed by atoms with Crippen LogP contribution in [0.25, 0.3) is 11.2 Å². The number of imidazole rings is 1. The molecule has 4 atom stereocenters. The van der Waals surface area contributed by atoms with E-state index in [1.165, 1.54) is 17.2 Å². The third-order valence-corrected chi connectivity index (χ3v) is 4.42. The van der Waals surface area contributed by atoms with Crippen molar-refractivity contribution in [1.82, 2.24) is 19.5 Å². The second-order valence-electron chi connectivity index (χ2n) is 6.10. The van der Waals surface area contributed by atoms with Crippen LogP contribution in [0.15, 0.2) is 43.0 Å². The number of nitrogens with one attached hydrogen (secondary N) is 1. The Kier molecular flexibility index (Phi) is 4.54. The molecule has 0 unspecified atom stereocenters. The molecule has 0 spiro atoms. The molecule has 1 aromatic carbocycles. The summed E-state index contributed by atoms with van der Waals surface area (Å²) in [4.78, 5) is 24.8. The quantitative estimate of drug-likeness (QED) is 0.489. The van der Waals surface area contributed by atoms with E-state index in [0.29, 0.717) is 16.7 Å². The molecule has 0 aliphatic carbocycles. The number of carbonyl (C=O) groups excluding carboxylic acids is 1. The Labute approximate surface area is 153 Å². The molecule has 4 rings (SSSR count). The average molecular weight is 371 g/mol. The number of amides is 1. The third-order valence-electron chi connectivity index (χ3n) is 4.42. The molecule has 27 heavy (non-hydrogen) atoms. The number of aliphatic hydroxyl groups is 3. The highest BCUT2D eigenvalue weighted by atomic mass is 16.6. The topological polar surface area (TPSA) is 143 Å². The lowest BCUT2D eigenvalue weighted by Crippen LogP contribution is -2.33. The molecule has 1 amide bonds. The normalized spacial score (nSPS) is 25.0. The molecule has 1 aliphatic rings. The molecule has 3 heterocycles.